The fourth-order valence-corrected chi connectivity index (χ4v) is 1.10. The van der Waals surface area contributed by atoms with Gasteiger partial charge in [0.15, 0.2) is 0 Å². The molecule has 0 atom stereocenters. The number of rotatable bonds is 2. The van der Waals surface area contributed by atoms with Gasteiger partial charge in [-0.2, -0.15) is 13.2 Å². The molecule has 2 nitrogen and oxygen atoms in total. The van der Waals surface area contributed by atoms with Crippen LogP contribution in [-0.2, 0) is 17.4 Å². The van der Waals surface area contributed by atoms with Crippen LogP contribution in [0.2, 0.25) is 0 Å². The van der Waals surface area contributed by atoms with Crippen LogP contribution < -0.4 is 5.73 Å². The fourth-order valence-electron chi connectivity index (χ4n) is 1.10. The molecule has 0 radical (unpaired) electrons. The Morgan fingerprint density at radius 3 is 2.43 bits per heavy atom. The molecule has 0 unspecified atom stereocenters. The maximum absolute atomic E-state index is 12.2. The van der Waals surface area contributed by atoms with E-state index in [1.807, 2.05) is 0 Å². The van der Waals surface area contributed by atoms with Crippen molar-refractivity contribution in [3.63, 3.8) is 0 Å². The summed E-state index contributed by atoms with van der Waals surface area (Å²) in [6.45, 7) is 0. The van der Waals surface area contributed by atoms with Gasteiger partial charge in [0, 0.05) is 12.1 Å². The molecule has 0 saturated heterocycles. The molecule has 0 aliphatic carbocycles. The van der Waals surface area contributed by atoms with Crippen molar-refractivity contribution in [1.82, 2.24) is 0 Å². The Hall–Kier alpha value is -1.52. The predicted octanol–water partition coefficient (Wildman–Crippen LogP) is 2.03. The summed E-state index contributed by atoms with van der Waals surface area (Å²) in [4.78, 5) is 10.1. The molecule has 5 heteroatoms. The van der Waals surface area contributed by atoms with Crippen molar-refractivity contribution < 1.29 is 18.0 Å². The zero-order valence-electron chi connectivity index (χ0n) is 7.14. The topological polar surface area (TPSA) is 43.1 Å². The van der Waals surface area contributed by atoms with Crippen molar-refractivity contribution in [2.24, 2.45) is 0 Å². The van der Waals surface area contributed by atoms with Crippen LogP contribution in [0.3, 0.4) is 0 Å². The number of benzene rings is 1. The summed E-state index contributed by atoms with van der Waals surface area (Å²) in [5, 5.41) is 0. The van der Waals surface area contributed by atoms with E-state index < -0.39 is 11.7 Å². The molecular weight excluding hydrogens is 195 g/mol. The Labute approximate surface area is 78.5 Å². The first-order valence-electron chi connectivity index (χ1n) is 3.84. The monoisotopic (exact) mass is 203 g/mol. The fraction of sp³-hybridized carbons (Fsp3) is 0.222. The summed E-state index contributed by atoms with van der Waals surface area (Å²) in [6, 6.07) is 3.11. The Kier molecular flexibility index (Phi) is 2.78. The standard InChI is InChI=1S/C9H8F3NO/c10-9(11,12)7-3-6(1-2-14)4-8(13)5-7/h2-5H,1,13H2. The SMILES string of the molecule is Nc1cc(CC=O)cc(C(F)(F)F)c1. The number of carbonyl (C=O) groups is 1. The van der Waals surface area contributed by atoms with Crippen LogP contribution in [0.4, 0.5) is 18.9 Å². The van der Waals surface area contributed by atoms with Gasteiger partial charge in [-0.3, -0.25) is 0 Å². The quantitative estimate of drug-likeness (QED) is 0.590. The maximum Gasteiger partial charge on any atom is 0.416 e. The Bertz CT molecular complexity index is 346. The number of halogens is 3. The number of hydrogen-bond donors (Lipinski definition) is 1. The minimum Gasteiger partial charge on any atom is -0.399 e. The van der Waals surface area contributed by atoms with E-state index in [0.29, 0.717) is 6.29 Å². The van der Waals surface area contributed by atoms with Gasteiger partial charge >= 0.3 is 6.18 Å². The van der Waals surface area contributed by atoms with Gasteiger partial charge in [-0.15, -0.1) is 0 Å². The van der Waals surface area contributed by atoms with Crippen molar-refractivity contribution in [2.45, 2.75) is 12.6 Å². The molecular formula is C9H8F3NO. The molecule has 0 saturated carbocycles. The lowest BCUT2D eigenvalue weighted by atomic mass is 10.1. The Morgan fingerprint density at radius 2 is 1.93 bits per heavy atom. The van der Waals surface area contributed by atoms with Gasteiger partial charge in [-0.1, -0.05) is 0 Å². The number of nitrogens with two attached hydrogens (primary N) is 1. The summed E-state index contributed by atoms with van der Waals surface area (Å²) in [6.07, 6.45) is -3.95. The average Bonchev–Trinajstić information content (AvgIpc) is 2.02. The van der Waals surface area contributed by atoms with Gasteiger partial charge in [0.05, 0.1) is 5.56 Å². The van der Waals surface area contributed by atoms with E-state index >= 15 is 0 Å². The molecule has 0 heterocycles. The second-order valence-corrected chi connectivity index (χ2v) is 2.83. The largest absolute Gasteiger partial charge is 0.416 e. The van der Waals surface area contributed by atoms with E-state index in [4.69, 9.17) is 5.73 Å². The molecule has 0 aromatic heterocycles. The molecule has 76 valence electrons. The molecule has 0 spiro atoms. The smallest absolute Gasteiger partial charge is 0.399 e. The van der Waals surface area contributed by atoms with Gasteiger partial charge in [-0.05, 0) is 23.8 Å². The zero-order valence-corrected chi connectivity index (χ0v) is 7.14. The lowest BCUT2D eigenvalue weighted by molar-refractivity contribution is -0.137. The lowest BCUT2D eigenvalue weighted by Gasteiger charge is -2.08. The van der Waals surface area contributed by atoms with E-state index in [0.717, 1.165) is 12.1 Å². The third-order valence-electron chi connectivity index (χ3n) is 1.66. The highest BCUT2D eigenvalue weighted by Gasteiger charge is 2.30. The van der Waals surface area contributed by atoms with Crippen LogP contribution in [0.15, 0.2) is 18.2 Å². The summed E-state index contributed by atoms with van der Waals surface area (Å²) < 4.78 is 36.7. The second-order valence-electron chi connectivity index (χ2n) is 2.83. The van der Waals surface area contributed by atoms with Crippen LogP contribution in [-0.4, -0.2) is 6.29 Å². The number of aldehydes is 1. The number of carbonyl (C=O) groups excluding carboxylic acids is 1. The van der Waals surface area contributed by atoms with Gasteiger partial charge in [0.2, 0.25) is 0 Å². The molecule has 0 aliphatic heterocycles. The summed E-state index contributed by atoms with van der Waals surface area (Å²) in [7, 11) is 0. The highest BCUT2D eigenvalue weighted by molar-refractivity contribution is 5.57. The van der Waals surface area contributed by atoms with Crippen molar-refractivity contribution in [3.05, 3.63) is 29.3 Å². The Balaban J connectivity index is 3.13. The second kappa shape index (κ2) is 3.69. The molecule has 1 aromatic carbocycles. The lowest BCUT2D eigenvalue weighted by Crippen LogP contribution is -2.06. The summed E-state index contributed by atoms with van der Waals surface area (Å²) in [5.74, 6) is 0. The number of anilines is 1. The first kappa shape index (κ1) is 10.6. The van der Waals surface area contributed by atoms with Crippen LogP contribution in [0, 0.1) is 0 Å². The van der Waals surface area contributed by atoms with E-state index in [1.54, 1.807) is 0 Å². The van der Waals surface area contributed by atoms with Crippen molar-refractivity contribution in [2.75, 3.05) is 5.73 Å². The molecule has 14 heavy (non-hydrogen) atoms. The van der Waals surface area contributed by atoms with Crippen molar-refractivity contribution in [3.8, 4) is 0 Å². The van der Waals surface area contributed by atoms with Gasteiger partial charge < -0.3 is 10.5 Å². The minimum absolute atomic E-state index is 0.0108. The average molecular weight is 203 g/mol. The van der Waals surface area contributed by atoms with Gasteiger partial charge in [0.25, 0.3) is 0 Å². The van der Waals surface area contributed by atoms with E-state index in [2.05, 4.69) is 0 Å². The summed E-state index contributed by atoms with van der Waals surface area (Å²) in [5.41, 5.74) is 4.73. The highest BCUT2D eigenvalue weighted by atomic mass is 19.4. The molecule has 1 rings (SSSR count). The van der Waals surface area contributed by atoms with Crippen molar-refractivity contribution >= 4 is 12.0 Å². The molecule has 2 N–H and O–H groups in total. The van der Waals surface area contributed by atoms with Crippen LogP contribution in [0.25, 0.3) is 0 Å². The first-order chi connectivity index (χ1) is 6.43. The molecule has 0 bridgehead atoms. The van der Waals surface area contributed by atoms with Gasteiger partial charge in [-0.25, -0.2) is 0 Å². The third-order valence-corrected chi connectivity index (χ3v) is 1.66. The molecule has 1 aromatic rings. The Morgan fingerprint density at radius 1 is 1.29 bits per heavy atom. The van der Waals surface area contributed by atoms with Crippen molar-refractivity contribution in [1.29, 1.82) is 0 Å². The van der Waals surface area contributed by atoms with E-state index in [9.17, 15) is 18.0 Å². The highest BCUT2D eigenvalue weighted by Crippen LogP contribution is 2.31. The van der Waals surface area contributed by atoms with Crippen LogP contribution >= 0.6 is 0 Å². The number of alkyl halides is 3. The van der Waals surface area contributed by atoms with Crippen LogP contribution in [0.5, 0.6) is 0 Å². The van der Waals surface area contributed by atoms with E-state index in [-0.39, 0.29) is 17.7 Å². The maximum atomic E-state index is 12.2. The summed E-state index contributed by atoms with van der Waals surface area (Å²) >= 11 is 0. The predicted molar refractivity (Wildman–Crippen MR) is 45.6 cm³/mol. The first-order valence-corrected chi connectivity index (χ1v) is 3.84. The normalized spacial score (nSPS) is 11.4. The zero-order chi connectivity index (χ0) is 10.8. The third kappa shape index (κ3) is 2.48. The molecule has 0 fully saturated rings. The van der Waals surface area contributed by atoms with E-state index in [1.165, 1.54) is 6.07 Å². The minimum atomic E-state index is -4.42. The molecule has 0 aliphatic rings. The van der Waals surface area contributed by atoms with Gasteiger partial charge in [0.1, 0.15) is 6.29 Å². The number of hydrogen-bond acceptors (Lipinski definition) is 2. The molecule has 0 amide bonds. The number of nitrogen functional groups attached to an aromatic ring is 1. The van der Waals surface area contributed by atoms with Crippen LogP contribution in [0.1, 0.15) is 11.1 Å².